The number of ether oxygens (including phenoxy) is 2. The van der Waals surface area contributed by atoms with Crippen LogP contribution in [0.4, 0.5) is 0 Å². The fraction of sp³-hybridized carbons (Fsp3) is 0.318. The summed E-state index contributed by atoms with van der Waals surface area (Å²) in [6.07, 6.45) is 2.03. The molecule has 6 nitrogen and oxygen atoms in total. The average molecular weight is 418 g/mol. The smallest absolute Gasteiger partial charge is 0.233 e. The highest BCUT2D eigenvalue weighted by Gasteiger charge is 2.19. The van der Waals surface area contributed by atoms with Crippen molar-refractivity contribution in [2.45, 2.75) is 5.92 Å². The van der Waals surface area contributed by atoms with Gasteiger partial charge in [-0.3, -0.25) is 4.79 Å². The van der Waals surface area contributed by atoms with Crippen molar-refractivity contribution in [3.8, 4) is 5.75 Å². The van der Waals surface area contributed by atoms with Gasteiger partial charge in [0.2, 0.25) is 5.91 Å². The number of hydrogen-bond acceptors (Lipinski definition) is 4. The fourth-order valence-electron chi connectivity index (χ4n) is 3.28. The number of fused-ring (bicyclic) bond motifs is 1. The number of aromatic amines is 1. The maximum atomic E-state index is 12.2. The molecule has 7 heteroatoms. The van der Waals surface area contributed by atoms with E-state index in [2.05, 4.69) is 27.8 Å². The molecule has 1 amide bonds. The number of amides is 1. The first-order valence-corrected chi connectivity index (χ1v) is 9.39. The summed E-state index contributed by atoms with van der Waals surface area (Å²) in [4.78, 5) is 15.6. The molecule has 1 aromatic heterocycles. The lowest BCUT2D eigenvalue weighted by molar-refractivity contribution is -0.120. The Morgan fingerprint density at radius 1 is 1.10 bits per heavy atom. The van der Waals surface area contributed by atoms with Crippen LogP contribution in [0.5, 0.6) is 5.75 Å². The third-order valence-corrected chi connectivity index (χ3v) is 4.79. The van der Waals surface area contributed by atoms with Crippen LogP contribution >= 0.6 is 12.4 Å². The van der Waals surface area contributed by atoms with Crippen molar-refractivity contribution >= 4 is 29.2 Å². The summed E-state index contributed by atoms with van der Waals surface area (Å²) < 4.78 is 10.3. The highest BCUT2D eigenvalue weighted by Crippen LogP contribution is 2.31. The van der Waals surface area contributed by atoms with Gasteiger partial charge in [-0.2, -0.15) is 0 Å². The van der Waals surface area contributed by atoms with Gasteiger partial charge in [-0.15, -0.1) is 12.4 Å². The number of carbonyl (C=O) groups excluding carboxylic acids is 1. The number of rotatable bonds is 10. The van der Waals surface area contributed by atoms with Crippen molar-refractivity contribution in [2.24, 2.45) is 0 Å². The number of aromatic nitrogens is 1. The zero-order valence-corrected chi connectivity index (χ0v) is 17.6. The molecule has 1 atom stereocenters. The van der Waals surface area contributed by atoms with Crippen LogP contribution in [0.1, 0.15) is 17.0 Å². The molecule has 1 heterocycles. The van der Waals surface area contributed by atoms with Crippen molar-refractivity contribution in [3.63, 3.8) is 0 Å². The van der Waals surface area contributed by atoms with Crippen molar-refractivity contribution in [2.75, 3.05) is 40.5 Å². The first-order chi connectivity index (χ1) is 13.7. The molecule has 0 bridgehead atoms. The first kappa shape index (κ1) is 22.7. The van der Waals surface area contributed by atoms with E-state index in [0.717, 1.165) is 27.8 Å². The quantitative estimate of drug-likeness (QED) is 0.443. The van der Waals surface area contributed by atoms with Gasteiger partial charge in [0.1, 0.15) is 5.75 Å². The number of methoxy groups -OCH3 is 2. The number of hydrogen-bond donors (Lipinski definition) is 3. The highest BCUT2D eigenvalue weighted by molar-refractivity contribution is 5.85. The van der Waals surface area contributed by atoms with E-state index in [1.54, 1.807) is 14.2 Å². The van der Waals surface area contributed by atoms with E-state index in [-0.39, 0.29) is 30.8 Å². The van der Waals surface area contributed by atoms with Gasteiger partial charge in [-0.1, -0.05) is 30.3 Å². The normalized spacial score (nSPS) is 11.7. The number of H-pyrrole nitrogens is 1. The summed E-state index contributed by atoms with van der Waals surface area (Å²) in [5.74, 6) is 0.812. The van der Waals surface area contributed by atoms with Crippen molar-refractivity contribution in [1.29, 1.82) is 0 Å². The average Bonchev–Trinajstić information content (AvgIpc) is 3.16. The molecule has 156 valence electrons. The van der Waals surface area contributed by atoms with Crippen LogP contribution in [-0.4, -0.2) is 51.4 Å². The number of carbonyl (C=O) groups is 1. The van der Waals surface area contributed by atoms with Gasteiger partial charge < -0.3 is 25.1 Å². The summed E-state index contributed by atoms with van der Waals surface area (Å²) in [6.45, 7) is 2.01. The van der Waals surface area contributed by atoms with Gasteiger partial charge in [0.15, 0.2) is 0 Å². The molecule has 3 aromatic rings. The molecule has 0 saturated carbocycles. The number of benzene rings is 2. The van der Waals surface area contributed by atoms with E-state index in [4.69, 9.17) is 9.47 Å². The van der Waals surface area contributed by atoms with Crippen molar-refractivity contribution < 1.29 is 14.3 Å². The van der Waals surface area contributed by atoms with E-state index in [0.29, 0.717) is 19.7 Å². The first-order valence-electron chi connectivity index (χ1n) is 9.39. The predicted molar refractivity (Wildman–Crippen MR) is 118 cm³/mol. The van der Waals surface area contributed by atoms with Crippen molar-refractivity contribution in [1.82, 2.24) is 15.6 Å². The van der Waals surface area contributed by atoms with Gasteiger partial charge in [0.25, 0.3) is 0 Å². The third-order valence-electron chi connectivity index (χ3n) is 4.79. The van der Waals surface area contributed by atoms with Gasteiger partial charge >= 0.3 is 0 Å². The van der Waals surface area contributed by atoms with Gasteiger partial charge in [-0.25, -0.2) is 0 Å². The highest BCUT2D eigenvalue weighted by atomic mass is 35.5. The maximum Gasteiger partial charge on any atom is 0.233 e. The molecule has 0 saturated heterocycles. The SMILES string of the molecule is COCCNCC(=O)NCC(c1ccc(OC)cc1)c1c[nH]c2ccccc12.Cl. The largest absolute Gasteiger partial charge is 0.497 e. The van der Waals surface area contributed by atoms with Crippen LogP contribution in [0.25, 0.3) is 10.9 Å². The lowest BCUT2D eigenvalue weighted by Crippen LogP contribution is -2.37. The molecular formula is C22H28ClN3O3. The molecule has 3 rings (SSSR count). The Balaban J connectivity index is 0.00000300. The molecule has 0 fully saturated rings. The summed E-state index contributed by atoms with van der Waals surface area (Å²) in [5.41, 5.74) is 3.37. The minimum Gasteiger partial charge on any atom is -0.497 e. The van der Waals surface area contributed by atoms with Crippen LogP contribution in [0.2, 0.25) is 0 Å². The lowest BCUT2D eigenvalue weighted by Gasteiger charge is -2.19. The monoisotopic (exact) mass is 417 g/mol. The Hall–Kier alpha value is -2.54. The molecule has 1 unspecified atom stereocenters. The van der Waals surface area contributed by atoms with E-state index < -0.39 is 0 Å². The molecule has 3 N–H and O–H groups in total. The third kappa shape index (κ3) is 5.97. The Labute approximate surface area is 177 Å². The standard InChI is InChI=1S/C22H27N3O3.ClH/c1-27-12-11-23-15-22(26)25-13-19(16-7-9-17(28-2)10-8-16)20-14-24-21-6-4-3-5-18(20)21;/h3-10,14,19,23-24H,11-13,15H2,1-2H3,(H,25,26);1H. The van der Waals surface area contributed by atoms with E-state index in [1.807, 2.05) is 42.6 Å². The minimum absolute atomic E-state index is 0. The van der Waals surface area contributed by atoms with Crippen LogP contribution in [0, 0.1) is 0 Å². The lowest BCUT2D eigenvalue weighted by atomic mass is 9.91. The summed E-state index contributed by atoms with van der Waals surface area (Å²) >= 11 is 0. The van der Waals surface area contributed by atoms with Crippen LogP contribution in [-0.2, 0) is 9.53 Å². The maximum absolute atomic E-state index is 12.2. The molecule has 2 aromatic carbocycles. The Kier molecular flexibility index (Phi) is 8.99. The summed E-state index contributed by atoms with van der Waals surface area (Å²) in [5, 5.41) is 7.28. The Morgan fingerprint density at radius 3 is 2.59 bits per heavy atom. The zero-order chi connectivity index (χ0) is 19.8. The van der Waals surface area contributed by atoms with Gasteiger partial charge in [-0.05, 0) is 29.3 Å². The number of nitrogens with one attached hydrogen (secondary N) is 3. The fourth-order valence-corrected chi connectivity index (χ4v) is 3.28. The molecule has 0 aliphatic rings. The summed E-state index contributed by atoms with van der Waals surface area (Å²) in [6, 6.07) is 16.2. The number of para-hydroxylation sites is 1. The zero-order valence-electron chi connectivity index (χ0n) is 16.7. The molecule has 0 radical (unpaired) electrons. The predicted octanol–water partition coefficient (Wildman–Crippen LogP) is 3.08. The topological polar surface area (TPSA) is 75.4 Å². The van der Waals surface area contributed by atoms with Crippen molar-refractivity contribution in [3.05, 3.63) is 65.9 Å². The summed E-state index contributed by atoms with van der Waals surface area (Å²) in [7, 11) is 3.30. The van der Waals surface area contributed by atoms with Crippen LogP contribution < -0.4 is 15.4 Å². The van der Waals surface area contributed by atoms with E-state index >= 15 is 0 Å². The second-order valence-electron chi connectivity index (χ2n) is 6.59. The van der Waals surface area contributed by atoms with Gasteiger partial charge in [0.05, 0.1) is 20.3 Å². The number of halogens is 1. The van der Waals surface area contributed by atoms with Gasteiger partial charge in [0, 0.05) is 43.2 Å². The minimum atomic E-state index is -0.0329. The molecule has 0 aliphatic heterocycles. The second kappa shape index (κ2) is 11.5. The van der Waals surface area contributed by atoms with Crippen LogP contribution in [0.3, 0.4) is 0 Å². The van der Waals surface area contributed by atoms with Crippen LogP contribution in [0.15, 0.2) is 54.7 Å². The molecule has 0 spiro atoms. The molecule has 0 aliphatic carbocycles. The van der Waals surface area contributed by atoms with E-state index in [9.17, 15) is 4.79 Å². The Bertz CT molecular complexity index is 896. The molecular weight excluding hydrogens is 390 g/mol. The molecule has 29 heavy (non-hydrogen) atoms. The Morgan fingerprint density at radius 2 is 1.86 bits per heavy atom. The second-order valence-corrected chi connectivity index (χ2v) is 6.59. The van der Waals surface area contributed by atoms with E-state index in [1.165, 1.54) is 0 Å².